The molecule has 0 heterocycles. The molecule has 0 aliphatic carbocycles. The van der Waals surface area contributed by atoms with Gasteiger partial charge in [0, 0.05) is 16.6 Å². The zero-order valence-electron chi connectivity index (χ0n) is 9.79. The van der Waals surface area contributed by atoms with Crippen molar-refractivity contribution in [1.82, 2.24) is 5.32 Å². The summed E-state index contributed by atoms with van der Waals surface area (Å²) in [6.45, 7) is 6.39. The van der Waals surface area contributed by atoms with Crippen LogP contribution in [0.2, 0.25) is 5.02 Å². The van der Waals surface area contributed by atoms with Gasteiger partial charge in [0.15, 0.2) is 0 Å². The Kier molecular flexibility index (Phi) is 5.36. The molecule has 1 aromatic rings. The number of rotatable bonds is 6. The summed E-state index contributed by atoms with van der Waals surface area (Å²) in [6, 6.07) is 5.91. The number of benzene rings is 1. The quantitative estimate of drug-likeness (QED) is 0.605. The first-order valence-electron chi connectivity index (χ1n) is 5.39. The van der Waals surface area contributed by atoms with Crippen LogP contribution in [-0.2, 0) is 0 Å². The van der Waals surface area contributed by atoms with E-state index >= 15 is 0 Å². The third-order valence-corrected chi connectivity index (χ3v) is 2.69. The van der Waals surface area contributed by atoms with Crippen molar-refractivity contribution in [3.8, 4) is 5.75 Å². The maximum Gasteiger partial charge on any atom is 0.124 e. The average Bonchev–Trinajstić information content (AvgIpc) is 2.30. The lowest BCUT2D eigenvalue weighted by Gasteiger charge is -2.16. The van der Waals surface area contributed by atoms with Crippen LogP contribution in [0.25, 0.3) is 0 Å². The second kappa shape index (κ2) is 6.56. The van der Waals surface area contributed by atoms with Gasteiger partial charge in [0.1, 0.15) is 5.75 Å². The minimum atomic E-state index is 0.220. The summed E-state index contributed by atoms with van der Waals surface area (Å²) in [7, 11) is 1.92. The number of hydrogen-bond acceptors (Lipinski definition) is 2. The molecule has 0 radical (unpaired) electrons. The van der Waals surface area contributed by atoms with E-state index < -0.39 is 0 Å². The number of halogens is 1. The van der Waals surface area contributed by atoms with Gasteiger partial charge in [-0.2, -0.15) is 0 Å². The summed E-state index contributed by atoms with van der Waals surface area (Å²) in [5.74, 6) is 0.883. The standard InChI is InChI=1S/C13H18ClNO/c1-4-5-8-16-13-7-6-11(14)9-12(13)10(2)15-3/h4,6-7,9-10,15H,1,5,8H2,2-3H3. The average molecular weight is 240 g/mol. The maximum atomic E-state index is 5.98. The van der Waals surface area contributed by atoms with Crippen LogP contribution in [0, 0.1) is 0 Å². The first-order valence-corrected chi connectivity index (χ1v) is 5.77. The predicted octanol–water partition coefficient (Wildman–Crippen LogP) is 3.58. The van der Waals surface area contributed by atoms with Crippen LogP contribution in [0.15, 0.2) is 30.9 Å². The van der Waals surface area contributed by atoms with Gasteiger partial charge in [-0.25, -0.2) is 0 Å². The Balaban J connectivity index is 2.84. The fourth-order valence-electron chi connectivity index (χ4n) is 1.40. The molecule has 2 nitrogen and oxygen atoms in total. The van der Waals surface area contributed by atoms with Gasteiger partial charge in [0.25, 0.3) is 0 Å². The molecular weight excluding hydrogens is 222 g/mol. The Morgan fingerprint density at radius 1 is 1.56 bits per heavy atom. The smallest absolute Gasteiger partial charge is 0.124 e. The molecule has 3 heteroatoms. The van der Waals surface area contributed by atoms with Gasteiger partial charge < -0.3 is 10.1 Å². The largest absolute Gasteiger partial charge is 0.493 e. The number of hydrogen-bond donors (Lipinski definition) is 1. The van der Waals surface area contributed by atoms with Crippen molar-refractivity contribution in [1.29, 1.82) is 0 Å². The Hall–Kier alpha value is -0.990. The number of nitrogens with one attached hydrogen (secondary N) is 1. The molecule has 0 fully saturated rings. The van der Waals surface area contributed by atoms with E-state index in [4.69, 9.17) is 16.3 Å². The van der Waals surface area contributed by atoms with Crippen LogP contribution in [0.3, 0.4) is 0 Å². The van der Waals surface area contributed by atoms with E-state index in [1.54, 1.807) is 0 Å². The van der Waals surface area contributed by atoms with Gasteiger partial charge in [0.2, 0.25) is 0 Å². The zero-order chi connectivity index (χ0) is 12.0. The first kappa shape index (κ1) is 13.1. The molecule has 0 bridgehead atoms. The SMILES string of the molecule is C=CCCOc1ccc(Cl)cc1C(C)NC. The molecule has 88 valence electrons. The van der Waals surface area contributed by atoms with Crippen LogP contribution in [0.5, 0.6) is 5.75 Å². The third-order valence-electron chi connectivity index (χ3n) is 2.45. The van der Waals surface area contributed by atoms with Gasteiger partial charge in [-0.05, 0) is 38.6 Å². The van der Waals surface area contributed by atoms with Crippen molar-refractivity contribution >= 4 is 11.6 Å². The highest BCUT2D eigenvalue weighted by Gasteiger charge is 2.10. The van der Waals surface area contributed by atoms with Gasteiger partial charge >= 0.3 is 0 Å². The van der Waals surface area contributed by atoms with E-state index in [9.17, 15) is 0 Å². The highest BCUT2D eigenvalue weighted by Crippen LogP contribution is 2.28. The molecule has 1 rings (SSSR count). The Bertz CT molecular complexity index is 352. The van der Waals surface area contributed by atoms with Crippen LogP contribution < -0.4 is 10.1 Å². The Morgan fingerprint density at radius 3 is 2.94 bits per heavy atom. The highest BCUT2D eigenvalue weighted by molar-refractivity contribution is 6.30. The second-order valence-corrected chi connectivity index (χ2v) is 4.05. The fraction of sp³-hybridized carbons (Fsp3) is 0.385. The topological polar surface area (TPSA) is 21.3 Å². The molecule has 0 aromatic heterocycles. The van der Waals surface area contributed by atoms with E-state index in [0.29, 0.717) is 6.61 Å². The molecule has 1 N–H and O–H groups in total. The maximum absolute atomic E-state index is 5.98. The molecule has 1 aromatic carbocycles. The van der Waals surface area contributed by atoms with E-state index in [-0.39, 0.29) is 6.04 Å². The summed E-state index contributed by atoms with van der Waals surface area (Å²) < 4.78 is 5.69. The minimum absolute atomic E-state index is 0.220. The van der Waals surface area contributed by atoms with E-state index in [1.165, 1.54) is 0 Å². The minimum Gasteiger partial charge on any atom is -0.493 e. The molecule has 1 atom stereocenters. The van der Waals surface area contributed by atoms with Crippen molar-refractivity contribution in [3.63, 3.8) is 0 Å². The lowest BCUT2D eigenvalue weighted by molar-refractivity contribution is 0.318. The summed E-state index contributed by atoms with van der Waals surface area (Å²) in [6.07, 6.45) is 2.69. The fourth-order valence-corrected chi connectivity index (χ4v) is 1.58. The van der Waals surface area contributed by atoms with Crippen LogP contribution in [0.4, 0.5) is 0 Å². The zero-order valence-corrected chi connectivity index (χ0v) is 10.6. The molecule has 0 saturated heterocycles. The normalized spacial score (nSPS) is 12.2. The molecule has 0 aliphatic heterocycles. The van der Waals surface area contributed by atoms with Crippen molar-refractivity contribution < 1.29 is 4.74 Å². The third kappa shape index (κ3) is 3.54. The summed E-state index contributed by atoms with van der Waals surface area (Å²) >= 11 is 5.98. The Morgan fingerprint density at radius 2 is 2.31 bits per heavy atom. The van der Waals surface area contributed by atoms with Gasteiger partial charge in [-0.15, -0.1) is 6.58 Å². The van der Waals surface area contributed by atoms with Gasteiger partial charge in [0.05, 0.1) is 6.61 Å². The molecular formula is C13H18ClNO. The van der Waals surface area contributed by atoms with Crippen LogP contribution in [0.1, 0.15) is 24.9 Å². The van der Waals surface area contributed by atoms with E-state index in [2.05, 4.69) is 18.8 Å². The Labute approximate surface area is 102 Å². The molecule has 0 saturated carbocycles. The first-order chi connectivity index (χ1) is 7.69. The van der Waals surface area contributed by atoms with Crippen LogP contribution in [-0.4, -0.2) is 13.7 Å². The van der Waals surface area contributed by atoms with E-state index in [0.717, 1.165) is 22.8 Å². The lowest BCUT2D eigenvalue weighted by atomic mass is 10.1. The monoisotopic (exact) mass is 239 g/mol. The second-order valence-electron chi connectivity index (χ2n) is 3.62. The van der Waals surface area contributed by atoms with Crippen LogP contribution >= 0.6 is 11.6 Å². The summed E-state index contributed by atoms with van der Waals surface area (Å²) in [4.78, 5) is 0. The van der Waals surface area contributed by atoms with Crippen molar-refractivity contribution in [2.75, 3.05) is 13.7 Å². The summed E-state index contributed by atoms with van der Waals surface area (Å²) in [5.41, 5.74) is 1.08. The number of ether oxygens (including phenoxy) is 1. The van der Waals surface area contributed by atoms with Crippen molar-refractivity contribution in [3.05, 3.63) is 41.4 Å². The molecule has 0 amide bonds. The predicted molar refractivity (Wildman–Crippen MR) is 69.2 cm³/mol. The van der Waals surface area contributed by atoms with Gasteiger partial charge in [-0.3, -0.25) is 0 Å². The highest BCUT2D eigenvalue weighted by atomic mass is 35.5. The molecule has 1 unspecified atom stereocenters. The van der Waals surface area contributed by atoms with E-state index in [1.807, 2.05) is 31.3 Å². The lowest BCUT2D eigenvalue weighted by Crippen LogP contribution is -2.14. The van der Waals surface area contributed by atoms with Crippen molar-refractivity contribution in [2.45, 2.75) is 19.4 Å². The molecule has 0 spiro atoms. The van der Waals surface area contributed by atoms with Crippen molar-refractivity contribution in [2.24, 2.45) is 0 Å². The van der Waals surface area contributed by atoms with Gasteiger partial charge in [-0.1, -0.05) is 17.7 Å². The molecule has 16 heavy (non-hydrogen) atoms. The molecule has 0 aliphatic rings. The summed E-state index contributed by atoms with van der Waals surface area (Å²) in [5, 5.41) is 3.91.